The van der Waals surface area contributed by atoms with E-state index in [1.165, 1.54) is 154 Å². The number of aliphatic hydroxyl groups excluding tert-OH is 2. The number of carbonyl (C=O) groups excluding carboxylic acids is 2. The molecule has 0 saturated heterocycles. The normalized spacial score (nSPS) is 13.7. The van der Waals surface area contributed by atoms with Crippen LogP contribution in [0.2, 0.25) is 0 Å². The lowest BCUT2D eigenvalue weighted by atomic mass is 10.0. The molecule has 382 valence electrons. The summed E-state index contributed by atoms with van der Waals surface area (Å²) in [4.78, 5) is 26.2. The molecule has 0 saturated carbocycles. The zero-order valence-corrected chi connectivity index (χ0v) is 43.6. The first-order valence-corrected chi connectivity index (χ1v) is 28.2. The standard InChI is InChI=1S/C60H107NO5/c1-4-7-10-13-16-19-22-25-27-29-31-34-36-39-42-45-48-51-56(66-60(65)53-50-47-44-41-38-35-32-30-28-26-23-20-17-14-11-8-5-2)54-59(64)61-57(55-62)58(63)52-49-46-43-40-37-33-24-21-18-15-12-9-6-3/h7,10,16,19,25,27,31,34,39,42,48,51,56-58,62-63H,4-6,8-9,11-15,17-18,20-24,26,28-30,32-33,35-38,40-41,43-47,49-50,52-55H2,1-3H3,(H,61,64)/b10-7-,19-16-,27-25-,34-31-,42-39-,51-48-. The Morgan fingerprint density at radius 2 is 0.788 bits per heavy atom. The van der Waals surface area contributed by atoms with E-state index < -0.39 is 18.2 Å². The van der Waals surface area contributed by atoms with Crippen molar-refractivity contribution in [3.8, 4) is 0 Å². The summed E-state index contributed by atoms with van der Waals surface area (Å²) in [5, 5.41) is 23.8. The summed E-state index contributed by atoms with van der Waals surface area (Å²) in [6.45, 7) is 6.35. The first-order valence-electron chi connectivity index (χ1n) is 28.2. The molecular formula is C60H107NO5. The van der Waals surface area contributed by atoms with Crippen molar-refractivity contribution in [2.75, 3.05) is 6.61 Å². The van der Waals surface area contributed by atoms with Crippen molar-refractivity contribution in [1.29, 1.82) is 0 Å². The van der Waals surface area contributed by atoms with Gasteiger partial charge in [-0.3, -0.25) is 9.59 Å². The van der Waals surface area contributed by atoms with Gasteiger partial charge >= 0.3 is 5.97 Å². The minimum Gasteiger partial charge on any atom is -0.458 e. The smallest absolute Gasteiger partial charge is 0.306 e. The van der Waals surface area contributed by atoms with Crippen LogP contribution in [0, 0.1) is 0 Å². The number of nitrogens with one attached hydrogen (secondary N) is 1. The van der Waals surface area contributed by atoms with Gasteiger partial charge in [0.05, 0.1) is 25.2 Å². The largest absolute Gasteiger partial charge is 0.458 e. The lowest BCUT2D eigenvalue weighted by molar-refractivity contribution is -0.148. The number of hydrogen-bond acceptors (Lipinski definition) is 5. The first kappa shape index (κ1) is 63.3. The molecule has 1 amide bonds. The number of hydrogen-bond donors (Lipinski definition) is 3. The van der Waals surface area contributed by atoms with E-state index in [1.807, 2.05) is 12.2 Å². The Morgan fingerprint density at radius 1 is 0.455 bits per heavy atom. The molecule has 3 N–H and O–H groups in total. The summed E-state index contributed by atoms with van der Waals surface area (Å²) in [5.74, 6) is -0.622. The van der Waals surface area contributed by atoms with Crippen molar-refractivity contribution in [2.24, 2.45) is 0 Å². The minimum atomic E-state index is -0.821. The Bertz CT molecular complexity index is 1220. The predicted molar refractivity (Wildman–Crippen MR) is 287 cm³/mol. The Morgan fingerprint density at radius 3 is 1.15 bits per heavy atom. The second-order valence-electron chi connectivity index (χ2n) is 19.0. The fraction of sp³-hybridized carbons (Fsp3) is 0.767. The maximum Gasteiger partial charge on any atom is 0.306 e. The van der Waals surface area contributed by atoms with Crippen molar-refractivity contribution in [2.45, 2.75) is 289 Å². The zero-order valence-electron chi connectivity index (χ0n) is 43.6. The van der Waals surface area contributed by atoms with Crippen molar-refractivity contribution in [3.63, 3.8) is 0 Å². The van der Waals surface area contributed by atoms with Gasteiger partial charge in [-0.25, -0.2) is 0 Å². The van der Waals surface area contributed by atoms with Crippen LogP contribution in [0.5, 0.6) is 0 Å². The Kier molecular flexibility index (Phi) is 51.1. The fourth-order valence-corrected chi connectivity index (χ4v) is 8.31. The number of carbonyl (C=O) groups is 2. The number of unbranched alkanes of at least 4 members (excludes halogenated alkanes) is 28. The molecule has 0 bridgehead atoms. The summed E-state index contributed by atoms with van der Waals surface area (Å²) in [7, 11) is 0. The van der Waals surface area contributed by atoms with Crippen LogP contribution in [0.25, 0.3) is 0 Å². The quantitative estimate of drug-likeness (QED) is 0.0321. The highest BCUT2D eigenvalue weighted by Gasteiger charge is 2.23. The van der Waals surface area contributed by atoms with Crippen LogP contribution in [-0.4, -0.2) is 46.9 Å². The molecule has 0 aliphatic rings. The fourth-order valence-electron chi connectivity index (χ4n) is 8.31. The molecule has 66 heavy (non-hydrogen) atoms. The Balaban J connectivity index is 4.71. The second kappa shape index (κ2) is 53.3. The molecule has 0 aliphatic heterocycles. The minimum absolute atomic E-state index is 0.0467. The molecule has 0 heterocycles. The highest BCUT2D eigenvalue weighted by atomic mass is 16.5. The number of aliphatic hydroxyl groups is 2. The Labute approximate surface area is 409 Å². The maximum absolute atomic E-state index is 13.2. The van der Waals surface area contributed by atoms with E-state index in [9.17, 15) is 19.8 Å². The van der Waals surface area contributed by atoms with Gasteiger partial charge in [0.15, 0.2) is 0 Å². The monoisotopic (exact) mass is 922 g/mol. The molecule has 3 atom stereocenters. The molecule has 0 radical (unpaired) electrons. The molecular weight excluding hydrogens is 815 g/mol. The molecule has 0 aromatic heterocycles. The van der Waals surface area contributed by atoms with E-state index in [4.69, 9.17) is 4.74 Å². The van der Waals surface area contributed by atoms with Gasteiger partial charge in [0.25, 0.3) is 0 Å². The summed E-state index contributed by atoms with van der Waals surface area (Å²) >= 11 is 0. The van der Waals surface area contributed by atoms with Gasteiger partial charge in [-0.1, -0.05) is 274 Å². The number of rotatable bonds is 50. The average Bonchev–Trinajstić information content (AvgIpc) is 3.31. The summed E-state index contributed by atoms with van der Waals surface area (Å²) < 4.78 is 5.85. The number of allylic oxidation sites excluding steroid dienone is 11. The van der Waals surface area contributed by atoms with Crippen LogP contribution in [0.15, 0.2) is 72.9 Å². The third-order valence-corrected chi connectivity index (χ3v) is 12.5. The number of amides is 1. The van der Waals surface area contributed by atoms with Crippen LogP contribution in [0.1, 0.15) is 271 Å². The molecule has 0 rings (SSSR count). The first-order chi connectivity index (χ1) is 32.5. The molecule has 0 aliphatic carbocycles. The Hall–Kier alpha value is -2.70. The van der Waals surface area contributed by atoms with E-state index in [0.717, 1.165) is 70.6 Å². The topological polar surface area (TPSA) is 95.9 Å². The van der Waals surface area contributed by atoms with Gasteiger partial charge < -0.3 is 20.3 Å². The zero-order chi connectivity index (χ0) is 48.1. The molecule has 6 heteroatoms. The second-order valence-corrected chi connectivity index (χ2v) is 19.0. The number of ether oxygens (including phenoxy) is 1. The van der Waals surface area contributed by atoms with Gasteiger partial charge in [0.1, 0.15) is 6.10 Å². The van der Waals surface area contributed by atoms with E-state index in [2.05, 4.69) is 86.8 Å². The van der Waals surface area contributed by atoms with Crippen LogP contribution >= 0.6 is 0 Å². The molecule has 6 nitrogen and oxygen atoms in total. The van der Waals surface area contributed by atoms with Crippen LogP contribution in [0.3, 0.4) is 0 Å². The molecule has 3 unspecified atom stereocenters. The van der Waals surface area contributed by atoms with Gasteiger partial charge in [-0.2, -0.15) is 0 Å². The van der Waals surface area contributed by atoms with Crippen molar-refractivity contribution >= 4 is 11.9 Å². The van der Waals surface area contributed by atoms with Crippen LogP contribution in [-0.2, 0) is 14.3 Å². The van der Waals surface area contributed by atoms with Gasteiger partial charge in [-0.05, 0) is 57.4 Å². The lowest BCUT2D eigenvalue weighted by Crippen LogP contribution is -2.46. The lowest BCUT2D eigenvalue weighted by Gasteiger charge is -2.23. The van der Waals surface area contributed by atoms with Crippen molar-refractivity contribution < 1.29 is 24.5 Å². The highest BCUT2D eigenvalue weighted by molar-refractivity contribution is 5.78. The SMILES string of the molecule is CC/C=C\C/C=C\C/C=C\C/C=C\C/C=C\C/C=C\C(CC(=O)NC(CO)C(O)CCCCCCCCCCCCCCC)OC(=O)CCCCCCCCCCCCCCCCCCC. The van der Waals surface area contributed by atoms with Gasteiger partial charge in [-0.15, -0.1) is 0 Å². The third kappa shape index (κ3) is 47.8. The molecule has 0 aromatic carbocycles. The summed E-state index contributed by atoms with van der Waals surface area (Å²) in [6, 6.07) is -0.744. The molecule has 0 spiro atoms. The van der Waals surface area contributed by atoms with Gasteiger partial charge in [0.2, 0.25) is 5.91 Å². The van der Waals surface area contributed by atoms with Crippen LogP contribution in [0.4, 0.5) is 0 Å². The molecule has 0 fully saturated rings. The summed E-state index contributed by atoms with van der Waals surface area (Å²) in [5.41, 5.74) is 0. The van der Waals surface area contributed by atoms with Crippen LogP contribution < -0.4 is 5.32 Å². The predicted octanol–water partition coefficient (Wildman–Crippen LogP) is 17.3. The maximum atomic E-state index is 13.2. The van der Waals surface area contributed by atoms with Crippen molar-refractivity contribution in [1.82, 2.24) is 5.32 Å². The summed E-state index contributed by atoms with van der Waals surface area (Å²) in [6.07, 6.45) is 68.5. The third-order valence-electron chi connectivity index (χ3n) is 12.5. The van der Waals surface area contributed by atoms with E-state index in [-0.39, 0.29) is 24.9 Å². The van der Waals surface area contributed by atoms with Gasteiger partial charge in [0, 0.05) is 6.42 Å². The van der Waals surface area contributed by atoms with E-state index >= 15 is 0 Å². The molecule has 0 aromatic rings. The highest BCUT2D eigenvalue weighted by Crippen LogP contribution is 2.17. The van der Waals surface area contributed by atoms with Crippen molar-refractivity contribution in [3.05, 3.63) is 72.9 Å². The number of esters is 1. The van der Waals surface area contributed by atoms with E-state index in [0.29, 0.717) is 19.3 Å². The average molecular weight is 923 g/mol. The van der Waals surface area contributed by atoms with E-state index in [1.54, 1.807) is 0 Å².